The second-order valence-corrected chi connectivity index (χ2v) is 9.84. The van der Waals surface area contributed by atoms with E-state index in [-0.39, 0.29) is 23.3 Å². The van der Waals surface area contributed by atoms with Crippen molar-refractivity contribution in [1.82, 2.24) is 4.72 Å². The first-order valence-electron chi connectivity index (χ1n) is 8.73. The first-order valence-corrected chi connectivity index (χ1v) is 11.4. The van der Waals surface area contributed by atoms with Gasteiger partial charge in [0.15, 0.2) is 0 Å². The highest BCUT2D eigenvalue weighted by Crippen LogP contribution is 2.39. The Kier molecular flexibility index (Phi) is 5.05. The number of hydrogen-bond acceptors (Lipinski definition) is 3. The van der Waals surface area contributed by atoms with Gasteiger partial charge in [-0.05, 0) is 64.5 Å². The molecule has 1 fully saturated rings. The molecule has 0 bridgehead atoms. The van der Waals surface area contributed by atoms with Crippen molar-refractivity contribution in [1.29, 1.82) is 0 Å². The number of amides is 1. The molecule has 27 heavy (non-hydrogen) atoms. The van der Waals surface area contributed by atoms with Crippen molar-refractivity contribution in [3.05, 3.63) is 57.0 Å². The summed E-state index contributed by atoms with van der Waals surface area (Å²) in [4.78, 5) is 14.4. The van der Waals surface area contributed by atoms with Crippen LogP contribution < -0.4 is 9.62 Å². The Hall–Kier alpha value is -1.41. The highest BCUT2D eigenvalue weighted by atomic mass is 79.9. The molecule has 2 aromatic rings. The third-order valence-electron chi connectivity index (χ3n) is 4.92. The van der Waals surface area contributed by atoms with Gasteiger partial charge in [-0.25, -0.2) is 13.1 Å². The minimum absolute atomic E-state index is 0.0935. The standard InChI is InChI=1S/C19H18BrClN2O3S/c20-15-9-13-7-8-23(19(24)12-5-6-12)17(13)10-18(15)27(25,26)22-11-14-3-1-2-4-16(14)21/h1-4,9-10,12,22H,5-8,11H2. The molecule has 1 saturated carbocycles. The van der Waals surface area contributed by atoms with E-state index in [2.05, 4.69) is 20.7 Å². The minimum atomic E-state index is -3.77. The van der Waals surface area contributed by atoms with Crippen LogP contribution in [0.1, 0.15) is 24.0 Å². The molecule has 0 aromatic heterocycles. The molecular formula is C19H18BrClN2O3S. The van der Waals surface area contributed by atoms with Gasteiger partial charge in [0.2, 0.25) is 15.9 Å². The Bertz CT molecular complexity index is 1020. The first kappa shape index (κ1) is 18.9. The molecule has 0 atom stereocenters. The van der Waals surface area contributed by atoms with E-state index < -0.39 is 10.0 Å². The number of fused-ring (bicyclic) bond motifs is 1. The zero-order valence-corrected chi connectivity index (χ0v) is 17.6. The maximum Gasteiger partial charge on any atom is 0.242 e. The van der Waals surface area contributed by atoms with Crippen LogP contribution in [0, 0.1) is 5.92 Å². The average molecular weight is 470 g/mol. The fourth-order valence-corrected chi connectivity index (χ4v) is 5.58. The number of benzene rings is 2. The number of anilines is 1. The lowest BCUT2D eigenvalue weighted by atomic mass is 10.2. The predicted octanol–water partition coefficient (Wildman–Crippen LogP) is 3.88. The molecule has 5 nitrogen and oxygen atoms in total. The maximum atomic E-state index is 12.9. The van der Waals surface area contributed by atoms with Gasteiger partial charge in [-0.3, -0.25) is 4.79 Å². The SMILES string of the molecule is O=C(C1CC1)N1CCc2cc(Br)c(S(=O)(=O)NCc3ccccc3Cl)cc21. The smallest absolute Gasteiger partial charge is 0.242 e. The summed E-state index contributed by atoms with van der Waals surface area (Å²) < 4.78 is 28.8. The second kappa shape index (κ2) is 7.20. The topological polar surface area (TPSA) is 66.5 Å². The third-order valence-corrected chi connectivity index (χ3v) is 7.65. The molecule has 0 saturated heterocycles. The Balaban J connectivity index is 1.62. The lowest BCUT2D eigenvalue weighted by molar-refractivity contribution is -0.119. The van der Waals surface area contributed by atoms with Crippen molar-refractivity contribution in [2.24, 2.45) is 5.92 Å². The quantitative estimate of drug-likeness (QED) is 0.723. The van der Waals surface area contributed by atoms with Crippen LogP contribution in [0.2, 0.25) is 5.02 Å². The highest BCUT2D eigenvalue weighted by molar-refractivity contribution is 9.10. The number of nitrogens with zero attached hydrogens (tertiary/aromatic N) is 1. The monoisotopic (exact) mass is 468 g/mol. The largest absolute Gasteiger partial charge is 0.312 e. The van der Waals surface area contributed by atoms with E-state index in [1.54, 1.807) is 35.2 Å². The zero-order chi connectivity index (χ0) is 19.2. The van der Waals surface area contributed by atoms with Gasteiger partial charge in [0, 0.05) is 34.2 Å². The summed E-state index contributed by atoms with van der Waals surface area (Å²) in [5.74, 6) is 0.196. The molecule has 1 amide bonds. The molecule has 0 radical (unpaired) electrons. The molecule has 1 aliphatic heterocycles. The van der Waals surface area contributed by atoms with Gasteiger partial charge in [-0.1, -0.05) is 29.8 Å². The summed E-state index contributed by atoms with van der Waals surface area (Å²) in [6.07, 6.45) is 2.58. The fourth-order valence-electron chi connectivity index (χ4n) is 3.27. The van der Waals surface area contributed by atoms with Crippen LogP contribution in [0.4, 0.5) is 5.69 Å². The van der Waals surface area contributed by atoms with Gasteiger partial charge < -0.3 is 4.90 Å². The third kappa shape index (κ3) is 3.78. The van der Waals surface area contributed by atoms with Crippen molar-refractivity contribution >= 4 is 49.1 Å². The summed E-state index contributed by atoms with van der Waals surface area (Å²) in [6, 6.07) is 10.5. The van der Waals surface area contributed by atoms with Gasteiger partial charge in [0.1, 0.15) is 0 Å². The molecule has 2 aromatic carbocycles. The van der Waals surface area contributed by atoms with Crippen LogP contribution in [-0.4, -0.2) is 20.9 Å². The second-order valence-electron chi connectivity index (χ2n) is 6.84. The van der Waals surface area contributed by atoms with E-state index in [0.29, 0.717) is 27.3 Å². The van der Waals surface area contributed by atoms with Gasteiger partial charge in [0.25, 0.3) is 0 Å². The molecule has 1 aliphatic carbocycles. The predicted molar refractivity (Wildman–Crippen MR) is 108 cm³/mol. The summed E-state index contributed by atoms with van der Waals surface area (Å²) in [6.45, 7) is 0.698. The number of carbonyl (C=O) groups excluding carboxylic acids is 1. The summed E-state index contributed by atoms with van der Waals surface area (Å²) >= 11 is 9.48. The van der Waals surface area contributed by atoms with E-state index in [1.165, 1.54) is 0 Å². The Morgan fingerprint density at radius 3 is 2.70 bits per heavy atom. The number of halogens is 2. The van der Waals surface area contributed by atoms with Gasteiger partial charge in [-0.15, -0.1) is 0 Å². The van der Waals surface area contributed by atoms with Crippen LogP contribution in [0.5, 0.6) is 0 Å². The van der Waals surface area contributed by atoms with Crippen LogP contribution in [0.25, 0.3) is 0 Å². The Morgan fingerprint density at radius 1 is 1.26 bits per heavy atom. The molecular weight excluding hydrogens is 452 g/mol. The number of nitrogens with one attached hydrogen (secondary N) is 1. The van der Waals surface area contributed by atoms with Crippen LogP contribution in [-0.2, 0) is 27.8 Å². The van der Waals surface area contributed by atoms with Crippen LogP contribution in [0.15, 0.2) is 45.8 Å². The highest BCUT2D eigenvalue weighted by Gasteiger charge is 2.37. The summed E-state index contributed by atoms with van der Waals surface area (Å²) in [7, 11) is -3.77. The van der Waals surface area contributed by atoms with Crippen molar-refractivity contribution in [2.45, 2.75) is 30.7 Å². The van der Waals surface area contributed by atoms with E-state index >= 15 is 0 Å². The molecule has 8 heteroatoms. The number of hydrogen-bond donors (Lipinski definition) is 1. The number of carbonyl (C=O) groups is 1. The normalized spacial score (nSPS) is 16.4. The average Bonchev–Trinajstić information content (AvgIpc) is 3.40. The van der Waals surface area contributed by atoms with Crippen molar-refractivity contribution < 1.29 is 13.2 Å². The molecule has 1 heterocycles. The molecule has 0 spiro atoms. The van der Waals surface area contributed by atoms with Crippen molar-refractivity contribution in [2.75, 3.05) is 11.4 Å². The summed E-state index contributed by atoms with van der Waals surface area (Å²) in [5, 5.41) is 0.509. The molecule has 0 unspecified atom stereocenters. The van der Waals surface area contributed by atoms with Gasteiger partial charge >= 0.3 is 0 Å². The van der Waals surface area contributed by atoms with Gasteiger partial charge in [0.05, 0.1) is 4.90 Å². The van der Waals surface area contributed by atoms with E-state index in [1.807, 2.05) is 6.07 Å². The van der Waals surface area contributed by atoms with Crippen molar-refractivity contribution in [3.8, 4) is 0 Å². The number of sulfonamides is 1. The molecule has 142 valence electrons. The Morgan fingerprint density at radius 2 is 2.00 bits per heavy atom. The van der Waals surface area contributed by atoms with Crippen LogP contribution in [0.3, 0.4) is 0 Å². The van der Waals surface area contributed by atoms with E-state index in [4.69, 9.17) is 11.6 Å². The van der Waals surface area contributed by atoms with E-state index in [0.717, 1.165) is 24.8 Å². The minimum Gasteiger partial charge on any atom is -0.312 e. The molecule has 1 N–H and O–H groups in total. The lowest BCUT2D eigenvalue weighted by Crippen LogP contribution is -2.30. The fraction of sp³-hybridized carbons (Fsp3) is 0.316. The molecule has 4 rings (SSSR count). The number of rotatable bonds is 5. The maximum absolute atomic E-state index is 12.9. The van der Waals surface area contributed by atoms with Crippen LogP contribution >= 0.6 is 27.5 Å². The first-order chi connectivity index (χ1) is 12.9. The summed E-state index contributed by atoms with van der Waals surface area (Å²) in [5.41, 5.74) is 2.39. The van der Waals surface area contributed by atoms with Crippen molar-refractivity contribution in [3.63, 3.8) is 0 Å². The molecule has 2 aliphatic rings. The lowest BCUT2D eigenvalue weighted by Gasteiger charge is -2.18. The van der Waals surface area contributed by atoms with E-state index in [9.17, 15) is 13.2 Å². The Labute approximate surface area is 171 Å². The van der Waals surface area contributed by atoms with Gasteiger partial charge in [-0.2, -0.15) is 0 Å². The zero-order valence-electron chi connectivity index (χ0n) is 14.4.